The maximum absolute atomic E-state index is 5.98. The molecule has 0 saturated carbocycles. The molecule has 0 fully saturated rings. The molecule has 18 heavy (non-hydrogen) atoms. The molecule has 0 bridgehead atoms. The summed E-state index contributed by atoms with van der Waals surface area (Å²) < 4.78 is 5.78. The van der Waals surface area contributed by atoms with E-state index < -0.39 is 0 Å². The van der Waals surface area contributed by atoms with Crippen LogP contribution in [-0.2, 0) is 0 Å². The number of benzene rings is 1. The van der Waals surface area contributed by atoms with E-state index in [1.165, 1.54) is 0 Å². The van der Waals surface area contributed by atoms with E-state index in [9.17, 15) is 0 Å². The number of hydrogen-bond donors (Lipinski definition) is 1. The third-order valence-corrected chi connectivity index (χ3v) is 2.97. The zero-order valence-electron chi connectivity index (χ0n) is 10.6. The van der Waals surface area contributed by atoms with Gasteiger partial charge >= 0.3 is 0 Å². The van der Waals surface area contributed by atoms with Gasteiger partial charge in [-0.15, -0.1) is 0 Å². The normalized spacial score (nSPS) is 10.4. The lowest BCUT2D eigenvalue weighted by atomic mass is 10.1. The Morgan fingerprint density at radius 1 is 1.06 bits per heavy atom. The van der Waals surface area contributed by atoms with E-state index in [1.807, 2.05) is 32.9 Å². The van der Waals surface area contributed by atoms with Crippen LogP contribution in [-0.4, -0.2) is 4.98 Å². The Kier molecular flexibility index (Phi) is 3.43. The van der Waals surface area contributed by atoms with Gasteiger partial charge in [-0.05, 0) is 49.6 Å². The van der Waals surface area contributed by atoms with Gasteiger partial charge in [-0.25, -0.2) is 4.98 Å². The Bertz CT molecular complexity index is 573. The summed E-state index contributed by atoms with van der Waals surface area (Å²) in [4.78, 5) is 4.20. The van der Waals surface area contributed by atoms with Crippen LogP contribution in [0.4, 0.5) is 5.69 Å². The number of nitrogens with zero attached hydrogens (tertiary/aromatic N) is 1. The van der Waals surface area contributed by atoms with E-state index >= 15 is 0 Å². The van der Waals surface area contributed by atoms with Crippen molar-refractivity contribution < 1.29 is 4.74 Å². The molecule has 1 heterocycles. The average Bonchev–Trinajstić information content (AvgIpc) is 2.28. The van der Waals surface area contributed by atoms with Gasteiger partial charge in [0.25, 0.3) is 0 Å². The molecule has 0 saturated heterocycles. The van der Waals surface area contributed by atoms with Crippen LogP contribution in [0.2, 0.25) is 5.02 Å². The molecule has 0 radical (unpaired) electrons. The highest BCUT2D eigenvalue weighted by Gasteiger charge is 2.08. The molecule has 1 aromatic heterocycles. The molecule has 0 spiro atoms. The number of rotatable bonds is 2. The minimum absolute atomic E-state index is 0.492. The van der Waals surface area contributed by atoms with Crippen molar-refractivity contribution in [3.8, 4) is 11.6 Å². The van der Waals surface area contributed by atoms with Gasteiger partial charge in [-0.2, -0.15) is 0 Å². The van der Waals surface area contributed by atoms with Crippen molar-refractivity contribution in [1.29, 1.82) is 0 Å². The van der Waals surface area contributed by atoms with Crippen LogP contribution in [0.3, 0.4) is 0 Å². The third kappa shape index (κ3) is 2.57. The van der Waals surface area contributed by atoms with E-state index in [2.05, 4.69) is 4.98 Å². The molecule has 0 aliphatic carbocycles. The van der Waals surface area contributed by atoms with E-state index in [-0.39, 0.29) is 0 Å². The minimum Gasteiger partial charge on any atom is -0.438 e. The van der Waals surface area contributed by atoms with Gasteiger partial charge in [0.2, 0.25) is 5.88 Å². The van der Waals surface area contributed by atoms with Crippen LogP contribution >= 0.6 is 11.6 Å². The first-order valence-corrected chi connectivity index (χ1v) is 6.02. The van der Waals surface area contributed by atoms with Crippen LogP contribution in [0.25, 0.3) is 0 Å². The fraction of sp³-hybridized carbons (Fsp3) is 0.214. The molecule has 2 rings (SSSR count). The number of halogens is 1. The quantitative estimate of drug-likeness (QED) is 0.889. The topological polar surface area (TPSA) is 48.1 Å². The summed E-state index contributed by atoms with van der Waals surface area (Å²) >= 11 is 5.98. The molecule has 2 aromatic rings. The molecule has 1 aromatic carbocycles. The second kappa shape index (κ2) is 4.86. The van der Waals surface area contributed by atoms with Gasteiger partial charge < -0.3 is 10.5 Å². The molecule has 94 valence electrons. The molecule has 0 atom stereocenters. The van der Waals surface area contributed by atoms with Crippen LogP contribution in [0, 0.1) is 20.8 Å². The zero-order valence-corrected chi connectivity index (χ0v) is 11.4. The lowest BCUT2D eigenvalue weighted by molar-refractivity contribution is 0.456. The zero-order chi connectivity index (χ0) is 13.3. The minimum atomic E-state index is 0.492. The standard InChI is InChI=1S/C14H15ClN2O/c1-8-4-11(15)5-9(2)14(8)18-13-6-12(16)10(3)7-17-13/h4-7H,1-3H3,(H2,16,17). The molecule has 0 aliphatic rings. The SMILES string of the molecule is Cc1cnc(Oc2c(C)cc(Cl)cc2C)cc1N. The number of aryl methyl sites for hydroxylation is 3. The predicted molar refractivity (Wildman–Crippen MR) is 74.4 cm³/mol. The molecule has 3 nitrogen and oxygen atoms in total. The van der Waals surface area contributed by atoms with E-state index in [0.717, 1.165) is 22.4 Å². The number of nitrogen functional groups attached to an aromatic ring is 1. The number of nitrogens with two attached hydrogens (primary N) is 1. The molecule has 0 aliphatic heterocycles. The molecule has 0 unspecified atom stereocenters. The number of pyridine rings is 1. The highest BCUT2D eigenvalue weighted by Crippen LogP contribution is 2.31. The predicted octanol–water partition coefficient (Wildman–Crippen LogP) is 4.03. The summed E-state index contributed by atoms with van der Waals surface area (Å²) in [5.74, 6) is 1.27. The van der Waals surface area contributed by atoms with Crippen molar-refractivity contribution in [3.63, 3.8) is 0 Å². The van der Waals surface area contributed by atoms with Crippen LogP contribution in [0.5, 0.6) is 11.6 Å². The Labute approximate surface area is 112 Å². The monoisotopic (exact) mass is 262 g/mol. The smallest absolute Gasteiger partial charge is 0.221 e. The molecule has 4 heteroatoms. The molecule has 2 N–H and O–H groups in total. The van der Waals surface area contributed by atoms with Crippen molar-refractivity contribution in [2.45, 2.75) is 20.8 Å². The van der Waals surface area contributed by atoms with E-state index in [0.29, 0.717) is 16.6 Å². The van der Waals surface area contributed by atoms with Gasteiger partial charge in [0, 0.05) is 23.0 Å². The van der Waals surface area contributed by atoms with Crippen LogP contribution in [0.15, 0.2) is 24.4 Å². The van der Waals surface area contributed by atoms with Crippen molar-refractivity contribution in [2.75, 3.05) is 5.73 Å². The Morgan fingerprint density at radius 3 is 2.22 bits per heavy atom. The third-order valence-electron chi connectivity index (χ3n) is 2.75. The summed E-state index contributed by atoms with van der Waals surface area (Å²) in [5, 5.41) is 0.703. The summed E-state index contributed by atoms with van der Waals surface area (Å²) in [7, 11) is 0. The van der Waals surface area contributed by atoms with Crippen LogP contribution < -0.4 is 10.5 Å². The summed E-state index contributed by atoms with van der Waals surface area (Å²) in [5.41, 5.74) is 9.39. The average molecular weight is 263 g/mol. The highest BCUT2D eigenvalue weighted by molar-refractivity contribution is 6.30. The van der Waals surface area contributed by atoms with E-state index in [1.54, 1.807) is 12.3 Å². The maximum atomic E-state index is 5.98. The second-order valence-electron chi connectivity index (χ2n) is 4.35. The Hall–Kier alpha value is -1.74. The van der Waals surface area contributed by atoms with Crippen molar-refractivity contribution >= 4 is 17.3 Å². The Morgan fingerprint density at radius 2 is 1.67 bits per heavy atom. The first kappa shape index (κ1) is 12.7. The largest absolute Gasteiger partial charge is 0.438 e. The van der Waals surface area contributed by atoms with Crippen molar-refractivity contribution in [3.05, 3.63) is 46.1 Å². The van der Waals surface area contributed by atoms with Crippen LogP contribution in [0.1, 0.15) is 16.7 Å². The lowest BCUT2D eigenvalue weighted by Gasteiger charge is -2.12. The van der Waals surface area contributed by atoms with E-state index in [4.69, 9.17) is 22.1 Å². The first-order chi connectivity index (χ1) is 8.47. The number of aromatic nitrogens is 1. The summed E-state index contributed by atoms with van der Waals surface area (Å²) in [6.45, 7) is 5.81. The van der Waals surface area contributed by atoms with Crippen molar-refractivity contribution in [2.24, 2.45) is 0 Å². The van der Waals surface area contributed by atoms with Gasteiger partial charge in [0.15, 0.2) is 0 Å². The van der Waals surface area contributed by atoms with Crippen molar-refractivity contribution in [1.82, 2.24) is 4.98 Å². The second-order valence-corrected chi connectivity index (χ2v) is 4.79. The number of anilines is 1. The van der Waals surface area contributed by atoms with Gasteiger partial charge in [0.1, 0.15) is 5.75 Å². The molecule has 0 amide bonds. The number of ether oxygens (including phenoxy) is 1. The highest BCUT2D eigenvalue weighted by atomic mass is 35.5. The lowest BCUT2D eigenvalue weighted by Crippen LogP contribution is -1.96. The summed E-state index contributed by atoms with van der Waals surface area (Å²) in [6.07, 6.45) is 1.70. The fourth-order valence-electron chi connectivity index (χ4n) is 1.74. The summed E-state index contributed by atoms with van der Waals surface area (Å²) in [6, 6.07) is 5.45. The van der Waals surface area contributed by atoms with Gasteiger partial charge in [-0.1, -0.05) is 11.6 Å². The Balaban J connectivity index is 2.37. The molecular weight excluding hydrogens is 248 g/mol. The van der Waals surface area contributed by atoms with Gasteiger partial charge in [0.05, 0.1) is 0 Å². The molecular formula is C14H15ClN2O. The first-order valence-electron chi connectivity index (χ1n) is 5.64. The number of hydrogen-bond acceptors (Lipinski definition) is 3. The van der Waals surface area contributed by atoms with Gasteiger partial charge in [-0.3, -0.25) is 0 Å². The maximum Gasteiger partial charge on any atom is 0.221 e. The fourth-order valence-corrected chi connectivity index (χ4v) is 2.07.